The van der Waals surface area contributed by atoms with Crippen LogP contribution in [0, 0.1) is 0 Å². The average molecular weight is 535 g/mol. The number of ketones is 1. The van der Waals surface area contributed by atoms with E-state index in [0.717, 1.165) is 11.1 Å². The molecule has 1 fully saturated rings. The second kappa shape index (κ2) is 13.4. The van der Waals surface area contributed by atoms with Crippen molar-refractivity contribution in [2.24, 2.45) is 0 Å². The van der Waals surface area contributed by atoms with Crippen LogP contribution < -0.4 is 14.2 Å². The zero-order chi connectivity index (χ0) is 27.8. The quantitative estimate of drug-likeness (QED) is 0.170. The summed E-state index contributed by atoms with van der Waals surface area (Å²) in [5.74, 6) is 0.526. The molecule has 0 spiro atoms. The molecule has 1 aliphatic heterocycles. The van der Waals surface area contributed by atoms with Crippen LogP contribution in [-0.4, -0.2) is 88.0 Å². The monoisotopic (exact) mass is 534 g/mol. The fraction of sp³-hybridized carbons (Fsp3) is 0.444. The summed E-state index contributed by atoms with van der Waals surface area (Å²) in [6.45, 7) is -0.577. The molecule has 38 heavy (non-hydrogen) atoms. The molecule has 208 valence electrons. The number of aryl methyl sites for hydroxylation is 2. The first-order chi connectivity index (χ1) is 18.2. The highest BCUT2D eigenvalue weighted by atomic mass is 16.7. The second-order valence-corrected chi connectivity index (χ2v) is 8.91. The van der Waals surface area contributed by atoms with Crippen molar-refractivity contribution in [3.05, 3.63) is 59.4 Å². The number of methoxy groups -OCH3 is 2. The van der Waals surface area contributed by atoms with Crippen LogP contribution in [0.5, 0.6) is 23.0 Å². The van der Waals surface area contributed by atoms with Crippen LogP contribution in [0.4, 0.5) is 0 Å². The van der Waals surface area contributed by atoms with E-state index in [1.54, 1.807) is 30.3 Å². The number of allylic oxidation sites excluding steroid dienone is 2. The van der Waals surface area contributed by atoms with Gasteiger partial charge in [0.25, 0.3) is 0 Å². The molecule has 3 rings (SSSR count). The number of phenolic OH excluding ortho intramolecular Hbond substituents is 1. The van der Waals surface area contributed by atoms with Crippen LogP contribution in [0.3, 0.4) is 0 Å². The van der Waals surface area contributed by atoms with E-state index in [9.17, 15) is 35.4 Å². The van der Waals surface area contributed by atoms with Gasteiger partial charge in [-0.1, -0.05) is 12.1 Å². The van der Waals surface area contributed by atoms with Crippen LogP contribution in [-0.2, 0) is 22.4 Å². The van der Waals surface area contributed by atoms with Gasteiger partial charge >= 0.3 is 0 Å². The van der Waals surface area contributed by atoms with Gasteiger partial charge in [-0.25, -0.2) is 0 Å². The van der Waals surface area contributed by atoms with E-state index in [-0.39, 0.29) is 35.9 Å². The van der Waals surface area contributed by atoms with Gasteiger partial charge in [0.2, 0.25) is 6.29 Å². The Kier molecular flexibility index (Phi) is 10.3. The molecule has 2 aromatic rings. The molecule has 6 N–H and O–H groups in total. The van der Waals surface area contributed by atoms with Crippen molar-refractivity contribution in [1.82, 2.24) is 0 Å². The lowest BCUT2D eigenvalue weighted by atomic mass is 9.99. The maximum atomic E-state index is 12.3. The maximum absolute atomic E-state index is 12.3. The fourth-order valence-corrected chi connectivity index (χ4v) is 4.00. The lowest BCUT2D eigenvalue weighted by molar-refractivity contribution is -0.277. The largest absolute Gasteiger partial charge is 0.512 e. The minimum Gasteiger partial charge on any atom is -0.512 e. The smallest absolute Gasteiger partial charge is 0.229 e. The molecule has 0 aromatic heterocycles. The van der Waals surface area contributed by atoms with E-state index in [4.69, 9.17) is 18.9 Å². The molecule has 1 heterocycles. The number of aliphatic hydroxyl groups excluding tert-OH is 5. The number of hydrogen-bond acceptors (Lipinski definition) is 11. The Balaban J connectivity index is 1.56. The lowest BCUT2D eigenvalue weighted by Gasteiger charge is -2.39. The molecule has 0 amide bonds. The minimum atomic E-state index is -1.57. The van der Waals surface area contributed by atoms with Crippen molar-refractivity contribution < 1.29 is 54.4 Å². The van der Waals surface area contributed by atoms with Gasteiger partial charge in [0.05, 0.1) is 26.6 Å². The van der Waals surface area contributed by atoms with Gasteiger partial charge in [-0.15, -0.1) is 0 Å². The SMILES string of the molecule is COc1cc(CCC(=O)/C=C(\O)CCc2ccc(O[C@@H]3O[C@H](CO)[C@@H](O)[C@H](O)[C@H]3O)c(OC)c2)ccc1O. The molecular formula is C27H34O11. The molecule has 0 bridgehead atoms. The van der Waals surface area contributed by atoms with Crippen molar-refractivity contribution >= 4 is 5.78 Å². The van der Waals surface area contributed by atoms with Crippen LogP contribution in [0.2, 0.25) is 0 Å². The molecule has 5 atom stereocenters. The predicted molar refractivity (Wildman–Crippen MR) is 134 cm³/mol. The zero-order valence-electron chi connectivity index (χ0n) is 21.2. The summed E-state index contributed by atoms with van der Waals surface area (Å²) in [7, 11) is 2.86. The number of carbonyl (C=O) groups is 1. The van der Waals surface area contributed by atoms with E-state index in [1.807, 2.05) is 0 Å². The third-order valence-corrected chi connectivity index (χ3v) is 6.22. The number of carbonyl (C=O) groups excluding carboxylic acids is 1. The Morgan fingerprint density at radius 3 is 2.18 bits per heavy atom. The van der Waals surface area contributed by atoms with Crippen LogP contribution >= 0.6 is 0 Å². The van der Waals surface area contributed by atoms with Gasteiger partial charge in [-0.3, -0.25) is 4.79 Å². The van der Waals surface area contributed by atoms with Gasteiger partial charge in [0.15, 0.2) is 28.8 Å². The van der Waals surface area contributed by atoms with Gasteiger partial charge in [0, 0.05) is 18.9 Å². The number of rotatable bonds is 12. The van der Waals surface area contributed by atoms with Gasteiger partial charge < -0.3 is 49.6 Å². The van der Waals surface area contributed by atoms with Crippen molar-refractivity contribution in [3.63, 3.8) is 0 Å². The summed E-state index contributed by atoms with van der Waals surface area (Å²) in [4.78, 5) is 12.3. The first-order valence-electron chi connectivity index (χ1n) is 12.1. The van der Waals surface area contributed by atoms with E-state index < -0.39 is 37.3 Å². The highest BCUT2D eigenvalue weighted by Gasteiger charge is 2.44. The van der Waals surface area contributed by atoms with E-state index in [0.29, 0.717) is 24.3 Å². The zero-order valence-corrected chi connectivity index (χ0v) is 21.2. The number of benzene rings is 2. The van der Waals surface area contributed by atoms with Crippen molar-refractivity contribution in [2.45, 2.75) is 56.4 Å². The van der Waals surface area contributed by atoms with E-state index in [2.05, 4.69) is 0 Å². The number of ether oxygens (including phenoxy) is 4. The Morgan fingerprint density at radius 2 is 1.53 bits per heavy atom. The molecule has 2 aromatic carbocycles. The van der Waals surface area contributed by atoms with Gasteiger partial charge in [-0.05, 0) is 48.2 Å². The van der Waals surface area contributed by atoms with Crippen LogP contribution in [0.25, 0.3) is 0 Å². The summed E-state index contributed by atoms with van der Waals surface area (Å²) < 4.78 is 21.4. The van der Waals surface area contributed by atoms with Crippen LogP contribution in [0.1, 0.15) is 24.0 Å². The third-order valence-electron chi connectivity index (χ3n) is 6.22. The van der Waals surface area contributed by atoms with Crippen molar-refractivity contribution in [1.29, 1.82) is 0 Å². The topological polar surface area (TPSA) is 175 Å². The number of phenols is 1. The standard InChI is InChI=1S/C27H34O11/c1-35-21-11-15(5-9-19(21)31)3-7-17(29)13-18(30)8-4-16-6-10-20(22(12-16)36-2)37-27-26(34)25(33)24(32)23(14-28)38-27/h5-6,9-13,23-28,30-34H,3-4,7-8,14H2,1-2H3/b18-13-/t23-,24-,25+,26-,27-/m1/s1. The first kappa shape index (κ1) is 29.2. The molecule has 11 heteroatoms. The number of hydrogen-bond donors (Lipinski definition) is 6. The maximum Gasteiger partial charge on any atom is 0.229 e. The summed E-state index contributed by atoms with van der Waals surface area (Å²) in [6, 6.07) is 9.78. The van der Waals surface area contributed by atoms with Crippen molar-refractivity contribution in [3.8, 4) is 23.0 Å². The highest BCUT2D eigenvalue weighted by Crippen LogP contribution is 2.32. The van der Waals surface area contributed by atoms with E-state index in [1.165, 1.54) is 26.4 Å². The third kappa shape index (κ3) is 7.36. The molecule has 11 nitrogen and oxygen atoms in total. The molecule has 0 unspecified atom stereocenters. The molecule has 1 saturated heterocycles. The minimum absolute atomic E-state index is 0.0187. The summed E-state index contributed by atoms with van der Waals surface area (Å²) in [5, 5.41) is 59.3. The fourth-order valence-electron chi connectivity index (χ4n) is 4.00. The van der Waals surface area contributed by atoms with E-state index >= 15 is 0 Å². The lowest BCUT2D eigenvalue weighted by Crippen LogP contribution is -2.60. The summed E-state index contributed by atoms with van der Waals surface area (Å²) in [5.41, 5.74) is 1.59. The highest BCUT2D eigenvalue weighted by molar-refractivity contribution is 5.90. The molecule has 1 aliphatic rings. The average Bonchev–Trinajstić information content (AvgIpc) is 2.92. The van der Waals surface area contributed by atoms with Gasteiger partial charge in [-0.2, -0.15) is 0 Å². The Hall–Kier alpha value is -3.35. The molecular weight excluding hydrogens is 500 g/mol. The number of aliphatic hydroxyl groups is 5. The summed E-state index contributed by atoms with van der Waals surface area (Å²) >= 11 is 0. The second-order valence-electron chi connectivity index (χ2n) is 8.91. The predicted octanol–water partition coefficient (Wildman–Crippen LogP) is 1.16. The molecule has 0 saturated carbocycles. The van der Waals surface area contributed by atoms with Crippen molar-refractivity contribution in [2.75, 3.05) is 20.8 Å². The molecule has 0 radical (unpaired) electrons. The number of aromatic hydroxyl groups is 1. The Labute approximate surface area is 220 Å². The normalized spacial score (nSPS) is 23.6. The van der Waals surface area contributed by atoms with Crippen LogP contribution in [0.15, 0.2) is 48.2 Å². The Morgan fingerprint density at radius 1 is 0.895 bits per heavy atom. The first-order valence-corrected chi connectivity index (χ1v) is 12.1. The molecule has 0 aliphatic carbocycles. The Bertz CT molecular complexity index is 1110. The van der Waals surface area contributed by atoms with Gasteiger partial charge in [0.1, 0.15) is 24.4 Å². The summed E-state index contributed by atoms with van der Waals surface area (Å²) in [6.07, 6.45) is -4.70.